The smallest absolute Gasteiger partial charge is 0.224 e. The molecule has 1 saturated carbocycles. The molecule has 6 heteroatoms. The first-order valence-corrected chi connectivity index (χ1v) is 7.85. The van der Waals surface area contributed by atoms with E-state index in [1.165, 1.54) is 32.1 Å². The van der Waals surface area contributed by atoms with Crippen LogP contribution in [0, 0.1) is 0 Å². The van der Waals surface area contributed by atoms with Gasteiger partial charge in [-0.25, -0.2) is 5.84 Å². The first kappa shape index (κ1) is 15.1. The largest absolute Gasteiger partial charge is 0.353 e. The molecule has 0 radical (unpaired) electrons. The van der Waals surface area contributed by atoms with Crippen molar-refractivity contribution in [3.05, 3.63) is 0 Å². The zero-order valence-corrected chi connectivity index (χ0v) is 12.2. The summed E-state index contributed by atoms with van der Waals surface area (Å²) in [5, 5.41) is 3.31. The van der Waals surface area contributed by atoms with Crippen molar-refractivity contribution in [2.24, 2.45) is 10.8 Å². The maximum absolute atomic E-state index is 12.0. The fourth-order valence-corrected chi connectivity index (χ4v) is 2.96. The molecular formula is C14H27N5O. The number of nitrogens with zero attached hydrogens (tertiary/aromatic N) is 2. The second kappa shape index (κ2) is 8.09. The highest BCUT2D eigenvalue weighted by Gasteiger charge is 2.17. The molecule has 0 unspecified atom stereocenters. The highest BCUT2D eigenvalue weighted by Crippen LogP contribution is 2.17. The summed E-state index contributed by atoms with van der Waals surface area (Å²) >= 11 is 0. The number of hydrogen-bond acceptors (Lipinski definition) is 3. The molecule has 1 aliphatic heterocycles. The van der Waals surface area contributed by atoms with Gasteiger partial charge < -0.3 is 10.2 Å². The molecule has 20 heavy (non-hydrogen) atoms. The predicted molar refractivity (Wildman–Crippen MR) is 80.1 cm³/mol. The number of nitrogens with two attached hydrogens (primary N) is 1. The molecule has 0 aromatic carbocycles. The van der Waals surface area contributed by atoms with Crippen LogP contribution in [-0.2, 0) is 4.79 Å². The number of hydrazine groups is 1. The number of likely N-dealkylation sites (tertiary alicyclic amines) is 1. The number of amides is 1. The third kappa shape index (κ3) is 4.67. The van der Waals surface area contributed by atoms with E-state index in [4.69, 9.17) is 5.84 Å². The van der Waals surface area contributed by atoms with Crippen LogP contribution in [0.5, 0.6) is 0 Å². The standard InChI is InChI=1S/C14H27N5O/c15-18-14(17-12-6-2-3-7-12)16-9-8-13(20)19-10-4-1-5-11-19/h12H,1-11,15H2,(H2,16,17,18). The topological polar surface area (TPSA) is 82.7 Å². The zero-order valence-electron chi connectivity index (χ0n) is 12.2. The van der Waals surface area contributed by atoms with Crippen LogP contribution < -0.4 is 16.6 Å². The fraction of sp³-hybridized carbons (Fsp3) is 0.857. The van der Waals surface area contributed by atoms with Gasteiger partial charge in [-0.3, -0.25) is 15.2 Å². The minimum atomic E-state index is 0.214. The summed E-state index contributed by atoms with van der Waals surface area (Å²) in [5.74, 6) is 6.30. The Kier molecular flexibility index (Phi) is 6.11. The molecule has 0 spiro atoms. The van der Waals surface area contributed by atoms with Crippen LogP contribution >= 0.6 is 0 Å². The van der Waals surface area contributed by atoms with E-state index in [1.807, 2.05) is 4.90 Å². The number of piperidine rings is 1. The fourth-order valence-electron chi connectivity index (χ4n) is 2.96. The Balaban J connectivity index is 1.70. The van der Waals surface area contributed by atoms with Crippen LogP contribution in [0.1, 0.15) is 51.4 Å². The van der Waals surface area contributed by atoms with Gasteiger partial charge in [0.05, 0.1) is 6.54 Å². The van der Waals surface area contributed by atoms with Crippen molar-refractivity contribution in [2.75, 3.05) is 19.6 Å². The lowest BCUT2D eigenvalue weighted by Crippen LogP contribution is -2.45. The van der Waals surface area contributed by atoms with Gasteiger partial charge >= 0.3 is 0 Å². The molecule has 1 aliphatic carbocycles. The van der Waals surface area contributed by atoms with Crippen molar-refractivity contribution in [3.63, 3.8) is 0 Å². The third-order valence-electron chi connectivity index (χ3n) is 4.14. The molecule has 1 heterocycles. The van der Waals surface area contributed by atoms with Gasteiger partial charge in [-0.1, -0.05) is 12.8 Å². The van der Waals surface area contributed by atoms with Crippen molar-refractivity contribution >= 4 is 11.9 Å². The lowest BCUT2D eigenvalue weighted by Gasteiger charge is -2.26. The number of carbonyl (C=O) groups excluding carboxylic acids is 1. The second-order valence-electron chi connectivity index (χ2n) is 5.69. The number of guanidine groups is 1. The molecule has 0 atom stereocenters. The summed E-state index contributed by atoms with van der Waals surface area (Å²) in [7, 11) is 0. The van der Waals surface area contributed by atoms with Gasteiger partial charge in [-0.2, -0.15) is 0 Å². The van der Waals surface area contributed by atoms with Crippen LogP contribution in [0.3, 0.4) is 0 Å². The molecule has 0 aromatic rings. The van der Waals surface area contributed by atoms with Crippen LogP contribution in [0.4, 0.5) is 0 Å². The number of carbonyl (C=O) groups is 1. The van der Waals surface area contributed by atoms with Gasteiger partial charge in [0.15, 0.2) is 0 Å². The Bertz CT molecular complexity index is 332. The molecule has 2 fully saturated rings. The normalized spacial score (nSPS) is 21.1. The minimum absolute atomic E-state index is 0.214. The van der Waals surface area contributed by atoms with Crippen LogP contribution in [0.2, 0.25) is 0 Å². The Morgan fingerprint density at radius 3 is 2.50 bits per heavy atom. The van der Waals surface area contributed by atoms with Gasteiger partial charge in [-0.15, -0.1) is 0 Å². The second-order valence-corrected chi connectivity index (χ2v) is 5.69. The third-order valence-corrected chi connectivity index (χ3v) is 4.14. The Morgan fingerprint density at radius 1 is 1.15 bits per heavy atom. The Labute approximate surface area is 121 Å². The average Bonchev–Trinajstić information content (AvgIpc) is 3.00. The summed E-state index contributed by atoms with van der Waals surface area (Å²) in [6, 6.07) is 0.475. The number of aliphatic imine (C=N–C) groups is 1. The first-order valence-electron chi connectivity index (χ1n) is 7.85. The summed E-state index contributed by atoms with van der Waals surface area (Å²) in [6.07, 6.45) is 8.86. The van der Waals surface area contributed by atoms with Crippen molar-refractivity contribution in [2.45, 2.75) is 57.4 Å². The number of hydrogen-bond donors (Lipinski definition) is 3. The van der Waals surface area contributed by atoms with E-state index in [9.17, 15) is 4.79 Å². The molecule has 0 bridgehead atoms. The summed E-state index contributed by atoms with van der Waals surface area (Å²) in [5.41, 5.74) is 2.60. The molecule has 1 amide bonds. The highest BCUT2D eigenvalue weighted by atomic mass is 16.2. The molecular weight excluding hydrogens is 254 g/mol. The molecule has 4 N–H and O–H groups in total. The van der Waals surface area contributed by atoms with Crippen LogP contribution in [-0.4, -0.2) is 42.4 Å². The summed E-state index contributed by atoms with van der Waals surface area (Å²) in [6.45, 7) is 2.31. The van der Waals surface area contributed by atoms with E-state index in [2.05, 4.69) is 15.7 Å². The SMILES string of the molecule is NNC(=NCCC(=O)N1CCCCC1)NC1CCCC1. The van der Waals surface area contributed by atoms with Gasteiger partial charge in [0, 0.05) is 25.6 Å². The summed E-state index contributed by atoms with van der Waals surface area (Å²) in [4.78, 5) is 18.3. The Morgan fingerprint density at radius 2 is 1.85 bits per heavy atom. The molecule has 114 valence electrons. The quantitative estimate of drug-likeness (QED) is 0.307. The lowest BCUT2D eigenvalue weighted by atomic mass is 10.1. The van der Waals surface area contributed by atoms with Gasteiger partial charge in [-0.05, 0) is 32.1 Å². The van der Waals surface area contributed by atoms with Gasteiger partial charge in [0.2, 0.25) is 11.9 Å². The van der Waals surface area contributed by atoms with Crippen molar-refractivity contribution in [1.29, 1.82) is 0 Å². The van der Waals surface area contributed by atoms with E-state index in [0.717, 1.165) is 25.9 Å². The van der Waals surface area contributed by atoms with Crippen molar-refractivity contribution in [3.8, 4) is 0 Å². The number of nitrogens with one attached hydrogen (secondary N) is 2. The van der Waals surface area contributed by atoms with Crippen LogP contribution in [0.25, 0.3) is 0 Å². The maximum Gasteiger partial charge on any atom is 0.224 e. The molecule has 2 rings (SSSR count). The number of rotatable bonds is 4. The molecule has 0 aromatic heterocycles. The van der Waals surface area contributed by atoms with E-state index in [0.29, 0.717) is 25.0 Å². The van der Waals surface area contributed by atoms with Crippen LogP contribution in [0.15, 0.2) is 4.99 Å². The Hall–Kier alpha value is -1.30. The minimum Gasteiger partial charge on any atom is -0.353 e. The molecule has 1 saturated heterocycles. The van der Waals surface area contributed by atoms with Gasteiger partial charge in [0.1, 0.15) is 0 Å². The zero-order chi connectivity index (χ0) is 14.2. The van der Waals surface area contributed by atoms with Crippen molar-refractivity contribution in [1.82, 2.24) is 15.6 Å². The summed E-state index contributed by atoms with van der Waals surface area (Å²) < 4.78 is 0. The van der Waals surface area contributed by atoms with E-state index < -0.39 is 0 Å². The lowest BCUT2D eigenvalue weighted by molar-refractivity contribution is -0.131. The first-order chi connectivity index (χ1) is 9.79. The van der Waals surface area contributed by atoms with Gasteiger partial charge in [0.25, 0.3) is 0 Å². The van der Waals surface area contributed by atoms with Crippen molar-refractivity contribution < 1.29 is 4.79 Å². The van der Waals surface area contributed by atoms with E-state index in [1.54, 1.807) is 0 Å². The maximum atomic E-state index is 12.0. The highest BCUT2D eigenvalue weighted by molar-refractivity contribution is 5.80. The molecule has 2 aliphatic rings. The molecule has 6 nitrogen and oxygen atoms in total. The monoisotopic (exact) mass is 281 g/mol. The van der Waals surface area contributed by atoms with E-state index in [-0.39, 0.29) is 5.91 Å². The average molecular weight is 281 g/mol. The van der Waals surface area contributed by atoms with E-state index >= 15 is 0 Å². The predicted octanol–water partition coefficient (Wildman–Crippen LogP) is 0.740.